The molecule has 28 heavy (non-hydrogen) atoms. The van der Waals surface area contributed by atoms with Crippen molar-refractivity contribution >= 4 is 21.8 Å². The standard InChI is InChI=1S/C20H23NO6S/c1-5-26-17-11-9-15(10-12-17)19(22)14(2)27-20(23)16-7-6-8-18(13-16)28(24,25)21(3)4/h6-14H,5H2,1-4H3/t14-/m0/s1. The number of rotatable bonds is 8. The van der Waals surface area contributed by atoms with Crippen molar-refractivity contribution < 1.29 is 27.5 Å². The third-order valence-electron chi connectivity index (χ3n) is 3.95. The number of Topliss-reactive ketones (excluding diaryl/α,β-unsaturated/α-hetero) is 1. The molecule has 2 rings (SSSR count). The second-order valence-corrected chi connectivity index (χ2v) is 8.34. The van der Waals surface area contributed by atoms with Gasteiger partial charge in [-0.15, -0.1) is 0 Å². The summed E-state index contributed by atoms with van der Waals surface area (Å²) in [4.78, 5) is 24.8. The first-order valence-electron chi connectivity index (χ1n) is 8.67. The summed E-state index contributed by atoms with van der Waals surface area (Å²) in [5.74, 6) is -0.501. The summed E-state index contributed by atoms with van der Waals surface area (Å²) >= 11 is 0. The van der Waals surface area contributed by atoms with Gasteiger partial charge in [0.15, 0.2) is 6.10 Å². The zero-order valence-electron chi connectivity index (χ0n) is 16.2. The van der Waals surface area contributed by atoms with Crippen LogP contribution >= 0.6 is 0 Å². The Bertz CT molecular complexity index is 951. The van der Waals surface area contributed by atoms with Crippen molar-refractivity contribution in [3.8, 4) is 5.75 Å². The lowest BCUT2D eigenvalue weighted by molar-refractivity contribution is 0.0318. The first-order chi connectivity index (χ1) is 13.2. The monoisotopic (exact) mass is 405 g/mol. The van der Waals surface area contributed by atoms with Crippen LogP contribution in [0, 0.1) is 0 Å². The SMILES string of the molecule is CCOc1ccc(C(=O)[C@H](C)OC(=O)c2cccc(S(=O)(=O)N(C)C)c2)cc1. The van der Waals surface area contributed by atoms with Crippen LogP contribution in [0.3, 0.4) is 0 Å². The number of carbonyl (C=O) groups is 2. The van der Waals surface area contributed by atoms with Gasteiger partial charge < -0.3 is 9.47 Å². The van der Waals surface area contributed by atoms with Crippen LogP contribution in [-0.2, 0) is 14.8 Å². The average molecular weight is 405 g/mol. The molecule has 0 fully saturated rings. The smallest absolute Gasteiger partial charge is 0.338 e. The number of nitrogens with zero attached hydrogens (tertiary/aromatic N) is 1. The Kier molecular flexibility index (Phi) is 6.93. The third kappa shape index (κ3) is 4.96. The molecule has 0 aromatic heterocycles. The first kappa shape index (κ1) is 21.6. The minimum absolute atomic E-state index is 0.0301. The Labute approximate surface area is 164 Å². The minimum Gasteiger partial charge on any atom is -0.494 e. The highest BCUT2D eigenvalue weighted by atomic mass is 32.2. The Balaban J connectivity index is 2.12. The highest BCUT2D eigenvalue weighted by Crippen LogP contribution is 2.18. The number of sulfonamides is 1. The molecule has 0 bridgehead atoms. The molecule has 0 aliphatic heterocycles. The van der Waals surface area contributed by atoms with Crippen molar-refractivity contribution in [1.29, 1.82) is 0 Å². The molecule has 2 aromatic rings. The molecular weight excluding hydrogens is 382 g/mol. The number of hydrogen-bond acceptors (Lipinski definition) is 6. The van der Waals surface area contributed by atoms with Gasteiger partial charge in [-0.2, -0.15) is 0 Å². The summed E-state index contributed by atoms with van der Waals surface area (Å²) in [5.41, 5.74) is 0.432. The number of esters is 1. The van der Waals surface area contributed by atoms with Gasteiger partial charge in [0.25, 0.3) is 0 Å². The third-order valence-corrected chi connectivity index (χ3v) is 5.76. The van der Waals surface area contributed by atoms with Crippen LogP contribution in [0.15, 0.2) is 53.4 Å². The summed E-state index contributed by atoms with van der Waals surface area (Å²) in [5, 5.41) is 0. The summed E-state index contributed by atoms with van der Waals surface area (Å²) in [6.45, 7) is 3.85. The predicted molar refractivity (Wildman–Crippen MR) is 104 cm³/mol. The van der Waals surface area contributed by atoms with E-state index in [1.807, 2.05) is 6.92 Å². The lowest BCUT2D eigenvalue weighted by atomic mass is 10.1. The van der Waals surface area contributed by atoms with Gasteiger partial charge in [-0.3, -0.25) is 4.79 Å². The fourth-order valence-electron chi connectivity index (χ4n) is 2.39. The number of hydrogen-bond donors (Lipinski definition) is 0. The molecule has 0 saturated carbocycles. The van der Waals surface area contributed by atoms with E-state index in [-0.39, 0.29) is 16.2 Å². The molecular formula is C20H23NO6S. The van der Waals surface area contributed by atoms with Crippen LogP contribution in [-0.4, -0.2) is 51.3 Å². The van der Waals surface area contributed by atoms with Crippen LogP contribution in [0.5, 0.6) is 5.75 Å². The predicted octanol–water partition coefficient (Wildman–Crippen LogP) is 2.76. The van der Waals surface area contributed by atoms with E-state index in [0.29, 0.717) is 17.9 Å². The van der Waals surface area contributed by atoms with E-state index in [4.69, 9.17) is 9.47 Å². The molecule has 0 aliphatic carbocycles. The van der Waals surface area contributed by atoms with E-state index in [2.05, 4.69) is 0 Å². The van der Waals surface area contributed by atoms with E-state index in [1.165, 1.54) is 45.3 Å². The molecule has 150 valence electrons. The molecule has 2 aromatic carbocycles. The Morgan fingerprint density at radius 3 is 2.25 bits per heavy atom. The maximum absolute atomic E-state index is 12.5. The topological polar surface area (TPSA) is 90.0 Å². The molecule has 0 heterocycles. The lowest BCUT2D eigenvalue weighted by Crippen LogP contribution is -2.25. The van der Waals surface area contributed by atoms with Gasteiger partial charge in [-0.25, -0.2) is 17.5 Å². The fraction of sp³-hybridized carbons (Fsp3) is 0.300. The zero-order chi connectivity index (χ0) is 20.9. The minimum atomic E-state index is -3.68. The molecule has 0 aliphatic rings. The van der Waals surface area contributed by atoms with Crippen molar-refractivity contribution in [3.05, 3.63) is 59.7 Å². The summed E-state index contributed by atoms with van der Waals surface area (Å²) in [6.07, 6.45) is -1.03. The number of benzene rings is 2. The van der Waals surface area contributed by atoms with Crippen LogP contribution < -0.4 is 4.74 Å². The van der Waals surface area contributed by atoms with E-state index >= 15 is 0 Å². The van der Waals surface area contributed by atoms with Crippen molar-refractivity contribution in [2.24, 2.45) is 0 Å². The Morgan fingerprint density at radius 1 is 1.04 bits per heavy atom. The van der Waals surface area contributed by atoms with E-state index in [9.17, 15) is 18.0 Å². The lowest BCUT2D eigenvalue weighted by Gasteiger charge is -2.14. The maximum atomic E-state index is 12.5. The molecule has 7 nitrogen and oxygen atoms in total. The molecule has 0 N–H and O–H groups in total. The highest BCUT2D eigenvalue weighted by Gasteiger charge is 2.23. The van der Waals surface area contributed by atoms with Crippen molar-refractivity contribution in [2.75, 3.05) is 20.7 Å². The second-order valence-electron chi connectivity index (χ2n) is 6.18. The maximum Gasteiger partial charge on any atom is 0.338 e. The van der Waals surface area contributed by atoms with Gasteiger partial charge in [0.05, 0.1) is 17.1 Å². The summed E-state index contributed by atoms with van der Waals surface area (Å²) < 4.78 is 36.0. The molecule has 0 unspecified atom stereocenters. The largest absolute Gasteiger partial charge is 0.494 e. The quantitative estimate of drug-likeness (QED) is 0.496. The molecule has 0 spiro atoms. The van der Waals surface area contributed by atoms with Crippen molar-refractivity contribution in [1.82, 2.24) is 4.31 Å². The van der Waals surface area contributed by atoms with Gasteiger partial charge in [-0.05, 0) is 56.3 Å². The van der Waals surface area contributed by atoms with Gasteiger partial charge in [-0.1, -0.05) is 6.07 Å². The second kappa shape index (κ2) is 8.99. The van der Waals surface area contributed by atoms with Crippen molar-refractivity contribution in [3.63, 3.8) is 0 Å². The van der Waals surface area contributed by atoms with Crippen LogP contribution in [0.25, 0.3) is 0 Å². The fourth-order valence-corrected chi connectivity index (χ4v) is 3.34. The summed E-state index contributed by atoms with van der Waals surface area (Å²) in [7, 11) is -0.881. The number of carbonyl (C=O) groups excluding carboxylic acids is 2. The molecule has 0 radical (unpaired) electrons. The Morgan fingerprint density at radius 2 is 1.68 bits per heavy atom. The number of ether oxygens (including phenoxy) is 2. The van der Waals surface area contributed by atoms with Gasteiger partial charge in [0.1, 0.15) is 5.75 Å². The van der Waals surface area contributed by atoms with Crippen LogP contribution in [0.2, 0.25) is 0 Å². The van der Waals surface area contributed by atoms with Crippen LogP contribution in [0.1, 0.15) is 34.6 Å². The molecule has 1 atom stereocenters. The van der Waals surface area contributed by atoms with Crippen molar-refractivity contribution in [2.45, 2.75) is 24.8 Å². The highest BCUT2D eigenvalue weighted by molar-refractivity contribution is 7.89. The first-order valence-corrected chi connectivity index (χ1v) is 10.1. The van der Waals surface area contributed by atoms with Gasteiger partial charge >= 0.3 is 5.97 Å². The summed E-state index contributed by atoms with van der Waals surface area (Å²) in [6, 6.07) is 12.0. The van der Waals surface area contributed by atoms with Crippen LogP contribution in [0.4, 0.5) is 0 Å². The zero-order valence-corrected chi connectivity index (χ0v) is 17.0. The molecule has 0 saturated heterocycles. The number of ketones is 1. The average Bonchev–Trinajstić information content (AvgIpc) is 2.68. The Hall–Kier alpha value is -2.71. The molecule has 8 heteroatoms. The van der Waals surface area contributed by atoms with Gasteiger partial charge in [0, 0.05) is 19.7 Å². The van der Waals surface area contributed by atoms with E-state index in [1.54, 1.807) is 24.3 Å². The molecule has 0 amide bonds. The normalized spacial score (nSPS) is 12.5. The van der Waals surface area contributed by atoms with E-state index in [0.717, 1.165) is 4.31 Å². The van der Waals surface area contributed by atoms with Gasteiger partial charge in [0.2, 0.25) is 15.8 Å². The van der Waals surface area contributed by atoms with E-state index < -0.39 is 22.1 Å².